The molecule has 0 radical (unpaired) electrons. The highest BCUT2D eigenvalue weighted by Gasteiger charge is 2.22. The first-order chi connectivity index (χ1) is 14.3. The van der Waals surface area contributed by atoms with Gasteiger partial charge in [-0.25, -0.2) is 8.42 Å². The molecule has 0 saturated carbocycles. The Bertz CT molecular complexity index is 1040. The van der Waals surface area contributed by atoms with E-state index >= 15 is 0 Å². The summed E-state index contributed by atoms with van der Waals surface area (Å²) in [6.07, 6.45) is 3.13. The second kappa shape index (κ2) is 9.30. The van der Waals surface area contributed by atoms with Gasteiger partial charge < -0.3 is 10.2 Å². The second-order valence-corrected chi connectivity index (χ2v) is 9.38. The van der Waals surface area contributed by atoms with E-state index in [1.165, 1.54) is 10.6 Å². The second-order valence-electron chi connectivity index (χ2n) is 7.47. The summed E-state index contributed by atoms with van der Waals surface area (Å²) < 4.78 is 25.8. The topological polar surface area (TPSA) is 86.8 Å². The Balaban J connectivity index is 1.59. The lowest BCUT2D eigenvalue weighted by Gasteiger charge is -2.24. The highest BCUT2D eigenvalue weighted by Crippen LogP contribution is 2.25. The summed E-state index contributed by atoms with van der Waals surface area (Å²) in [4.78, 5) is 26.0. The van der Waals surface area contributed by atoms with Crippen LogP contribution in [0.15, 0.2) is 48.5 Å². The first kappa shape index (κ1) is 21.8. The molecule has 3 rings (SSSR count). The van der Waals surface area contributed by atoms with Crippen molar-refractivity contribution in [2.24, 2.45) is 0 Å². The Morgan fingerprint density at radius 1 is 1.17 bits per heavy atom. The summed E-state index contributed by atoms with van der Waals surface area (Å²) in [5, 5.41) is 2.84. The van der Waals surface area contributed by atoms with E-state index in [1.807, 2.05) is 25.1 Å². The third kappa shape index (κ3) is 5.38. The van der Waals surface area contributed by atoms with Crippen LogP contribution >= 0.6 is 0 Å². The number of amides is 2. The van der Waals surface area contributed by atoms with Gasteiger partial charge in [-0.3, -0.25) is 13.9 Å². The van der Waals surface area contributed by atoms with Crippen molar-refractivity contribution in [3.63, 3.8) is 0 Å². The van der Waals surface area contributed by atoms with Crippen molar-refractivity contribution in [1.29, 1.82) is 0 Å². The van der Waals surface area contributed by atoms with Gasteiger partial charge >= 0.3 is 0 Å². The van der Waals surface area contributed by atoms with Gasteiger partial charge in [-0.15, -0.1) is 0 Å². The van der Waals surface area contributed by atoms with Crippen molar-refractivity contribution in [1.82, 2.24) is 0 Å². The van der Waals surface area contributed by atoms with Crippen LogP contribution in [0, 0.1) is 6.92 Å². The molecule has 0 aliphatic carbocycles. The number of nitrogens with one attached hydrogen (secondary N) is 1. The zero-order chi connectivity index (χ0) is 21.7. The summed E-state index contributed by atoms with van der Waals surface area (Å²) in [6, 6.07) is 14.5. The highest BCUT2D eigenvalue weighted by atomic mass is 32.2. The van der Waals surface area contributed by atoms with Crippen molar-refractivity contribution in [2.75, 3.05) is 33.9 Å². The molecule has 160 valence electrons. The standard InChI is InChI=1S/C22H27N3O4S/c1-17-8-3-4-11-20(17)25(30(2,28)29)15-6-12-21(26)23-18-9-5-10-19(16-18)24-14-7-13-22(24)27/h3-5,8-11,16H,6-7,12-15H2,1-2H3,(H,23,26). The Morgan fingerprint density at radius 3 is 2.60 bits per heavy atom. The fourth-order valence-corrected chi connectivity index (χ4v) is 4.61. The normalized spacial score (nSPS) is 14.1. The minimum atomic E-state index is -3.45. The van der Waals surface area contributed by atoms with E-state index in [2.05, 4.69) is 5.32 Å². The van der Waals surface area contributed by atoms with E-state index in [0.717, 1.165) is 17.7 Å². The largest absolute Gasteiger partial charge is 0.326 e. The number of nitrogens with zero attached hydrogens (tertiary/aromatic N) is 2. The van der Waals surface area contributed by atoms with Crippen LogP contribution in [-0.4, -0.2) is 39.6 Å². The van der Waals surface area contributed by atoms with Crippen LogP contribution in [0.4, 0.5) is 17.1 Å². The molecule has 30 heavy (non-hydrogen) atoms. The third-order valence-electron chi connectivity index (χ3n) is 5.06. The number of benzene rings is 2. The summed E-state index contributed by atoms with van der Waals surface area (Å²) in [7, 11) is -3.45. The SMILES string of the molecule is Cc1ccccc1N(CCCC(=O)Nc1cccc(N2CCCC2=O)c1)S(C)(=O)=O. The molecule has 0 aromatic heterocycles. The molecule has 2 aromatic rings. The van der Waals surface area contributed by atoms with Gasteiger partial charge in [0.1, 0.15) is 0 Å². The molecule has 1 N–H and O–H groups in total. The van der Waals surface area contributed by atoms with E-state index in [1.54, 1.807) is 35.2 Å². The lowest BCUT2D eigenvalue weighted by atomic mass is 10.2. The molecule has 1 fully saturated rings. The Morgan fingerprint density at radius 2 is 1.93 bits per heavy atom. The predicted molar refractivity (Wildman–Crippen MR) is 119 cm³/mol. The molecule has 1 saturated heterocycles. The maximum atomic E-state index is 12.4. The quantitative estimate of drug-likeness (QED) is 0.697. The van der Waals surface area contributed by atoms with Crippen molar-refractivity contribution >= 4 is 38.9 Å². The van der Waals surface area contributed by atoms with E-state index in [4.69, 9.17) is 0 Å². The molecule has 0 unspecified atom stereocenters. The molecular formula is C22H27N3O4S. The molecule has 0 spiro atoms. The third-order valence-corrected chi connectivity index (χ3v) is 6.24. The smallest absolute Gasteiger partial charge is 0.232 e. The summed E-state index contributed by atoms with van der Waals surface area (Å²) in [5.41, 5.74) is 2.89. The lowest BCUT2D eigenvalue weighted by Crippen LogP contribution is -2.32. The molecule has 2 amide bonds. The number of carbonyl (C=O) groups is 2. The van der Waals surface area contributed by atoms with Crippen LogP contribution in [0.3, 0.4) is 0 Å². The summed E-state index contributed by atoms with van der Waals surface area (Å²) >= 11 is 0. The van der Waals surface area contributed by atoms with E-state index in [-0.39, 0.29) is 24.8 Å². The van der Waals surface area contributed by atoms with Crippen molar-refractivity contribution in [3.05, 3.63) is 54.1 Å². The zero-order valence-electron chi connectivity index (χ0n) is 17.3. The summed E-state index contributed by atoms with van der Waals surface area (Å²) in [6.45, 7) is 2.77. The molecule has 8 heteroatoms. The molecule has 0 atom stereocenters. The number of sulfonamides is 1. The van der Waals surface area contributed by atoms with Gasteiger partial charge in [0.15, 0.2) is 0 Å². The molecule has 1 heterocycles. The van der Waals surface area contributed by atoms with Gasteiger partial charge in [-0.1, -0.05) is 24.3 Å². The van der Waals surface area contributed by atoms with Gasteiger partial charge in [0, 0.05) is 37.3 Å². The molecule has 2 aromatic carbocycles. The molecular weight excluding hydrogens is 402 g/mol. The van der Waals surface area contributed by atoms with Crippen molar-refractivity contribution < 1.29 is 18.0 Å². The molecule has 1 aliphatic heterocycles. The van der Waals surface area contributed by atoms with E-state index in [0.29, 0.717) is 30.8 Å². The number of rotatable bonds is 8. The van der Waals surface area contributed by atoms with Gasteiger partial charge in [0.25, 0.3) is 0 Å². The number of anilines is 3. The summed E-state index contributed by atoms with van der Waals surface area (Å²) in [5.74, 6) is -0.103. The van der Waals surface area contributed by atoms with E-state index < -0.39 is 10.0 Å². The maximum Gasteiger partial charge on any atom is 0.232 e. The predicted octanol–water partition coefficient (Wildman–Crippen LogP) is 3.31. The number of carbonyl (C=O) groups excluding carboxylic acids is 2. The Labute approximate surface area is 177 Å². The zero-order valence-corrected chi connectivity index (χ0v) is 18.1. The van der Waals surface area contributed by atoms with Crippen molar-refractivity contribution in [3.8, 4) is 0 Å². The maximum absolute atomic E-state index is 12.4. The monoisotopic (exact) mass is 429 g/mol. The van der Waals surface area contributed by atoms with Crippen LogP contribution in [0.25, 0.3) is 0 Å². The van der Waals surface area contributed by atoms with Crippen LogP contribution < -0.4 is 14.5 Å². The number of para-hydroxylation sites is 1. The fraction of sp³-hybridized carbons (Fsp3) is 0.364. The van der Waals surface area contributed by atoms with Crippen LogP contribution in [0.5, 0.6) is 0 Å². The Hall–Kier alpha value is -2.87. The molecule has 7 nitrogen and oxygen atoms in total. The minimum Gasteiger partial charge on any atom is -0.326 e. The highest BCUT2D eigenvalue weighted by molar-refractivity contribution is 7.92. The first-order valence-electron chi connectivity index (χ1n) is 9.99. The van der Waals surface area contributed by atoms with Gasteiger partial charge in [-0.05, 0) is 49.6 Å². The average Bonchev–Trinajstić information content (AvgIpc) is 3.11. The average molecular weight is 430 g/mol. The number of hydrogen-bond acceptors (Lipinski definition) is 4. The minimum absolute atomic E-state index is 0.0931. The lowest BCUT2D eigenvalue weighted by molar-refractivity contribution is -0.117. The number of hydrogen-bond donors (Lipinski definition) is 1. The van der Waals surface area contributed by atoms with Crippen LogP contribution in [0.1, 0.15) is 31.2 Å². The fourth-order valence-electron chi connectivity index (χ4n) is 3.59. The van der Waals surface area contributed by atoms with Gasteiger partial charge in [-0.2, -0.15) is 0 Å². The van der Waals surface area contributed by atoms with Gasteiger partial charge in [0.05, 0.1) is 11.9 Å². The molecule has 1 aliphatic rings. The molecule has 0 bridgehead atoms. The first-order valence-corrected chi connectivity index (χ1v) is 11.8. The van der Waals surface area contributed by atoms with E-state index in [9.17, 15) is 18.0 Å². The van der Waals surface area contributed by atoms with Crippen molar-refractivity contribution in [2.45, 2.75) is 32.6 Å². The van der Waals surface area contributed by atoms with Gasteiger partial charge in [0.2, 0.25) is 21.8 Å². The van der Waals surface area contributed by atoms with Crippen LogP contribution in [-0.2, 0) is 19.6 Å². The number of aryl methyl sites for hydroxylation is 1. The Kier molecular flexibility index (Phi) is 6.77. The van der Waals surface area contributed by atoms with Crippen LogP contribution in [0.2, 0.25) is 0 Å².